The Morgan fingerprint density at radius 1 is 1.50 bits per heavy atom. The first-order chi connectivity index (χ1) is 7.50. The van der Waals surface area contributed by atoms with E-state index in [0.717, 1.165) is 25.0 Å². The molecule has 0 aromatic carbocycles. The topological polar surface area (TPSA) is 63.4 Å². The van der Waals surface area contributed by atoms with Gasteiger partial charge in [-0.25, -0.2) is 8.42 Å². The zero-order chi connectivity index (χ0) is 12.2. The summed E-state index contributed by atoms with van der Waals surface area (Å²) in [5.74, 6) is 0. The van der Waals surface area contributed by atoms with Gasteiger partial charge in [0, 0.05) is 12.2 Å². The lowest BCUT2D eigenvalue weighted by atomic mass is 10.1. The van der Waals surface area contributed by atoms with E-state index in [9.17, 15) is 8.42 Å². The van der Waals surface area contributed by atoms with Crippen LogP contribution in [0.5, 0.6) is 0 Å². The van der Waals surface area contributed by atoms with Gasteiger partial charge in [0.1, 0.15) is 0 Å². The van der Waals surface area contributed by atoms with E-state index in [1.54, 1.807) is 0 Å². The van der Waals surface area contributed by atoms with Gasteiger partial charge in [0.15, 0.2) is 0 Å². The molecule has 1 aliphatic heterocycles. The Kier molecular flexibility index (Phi) is 4.56. The molecule has 0 fully saturated rings. The number of allylic oxidation sites excluding steroid dienone is 3. The zero-order valence-corrected chi connectivity index (χ0v) is 10.7. The van der Waals surface area contributed by atoms with E-state index in [1.807, 2.05) is 18.2 Å². The quantitative estimate of drug-likeness (QED) is 0.791. The molecule has 0 spiro atoms. The van der Waals surface area contributed by atoms with Gasteiger partial charge >= 0.3 is 0 Å². The summed E-state index contributed by atoms with van der Waals surface area (Å²) in [6.07, 6.45) is 9.64. The Labute approximate surface area is 97.9 Å². The van der Waals surface area contributed by atoms with E-state index in [4.69, 9.17) is 5.73 Å². The predicted octanol–water partition coefficient (Wildman–Crippen LogP) is 1.22. The maximum atomic E-state index is 11.7. The molecule has 0 bridgehead atoms. The lowest BCUT2D eigenvalue weighted by molar-refractivity contribution is 0.412. The number of nitrogens with zero attached hydrogens (tertiary/aromatic N) is 1. The first-order valence-corrected chi connectivity index (χ1v) is 7.42. The van der Waals surface area contributed by atoms with Gasteiger partial charge in [0.2, 0.25) is 10.0 Å². The molecule has 2 N–H and O–H groups in total. The largest absolute Gasteiger partial charge is 0.328 e. The fourth-order valence-electron chi connectivity index (χ4n) is 1.84. The van der Waals surface area contributed by atoms with Crippen LogP contribution in [-0.4, -0.2) is 31.6 Å². The van der Waals surface area contributed by atoms with Crippen LogP contribution in [0.3, 0.4) is 0 Å². The lowest BCUT2D eigenvalue weighted by Gasteiger charge is -2.33. The molecule has 92 valence electrons. The van der Waals surface area contributed by atoms with Crippen molar-refractivity contribution in [3.8, 4) is 0 Å². The number of nitrogens with two attached hydrogens (primary N) is 1. The Morgan fingerprint density at radius 3 is 2.69 bits per heavy atom. The van der Waals surface area contributed by atoms with Gasteiger partial charge in [-0.1, -0.05) is 25.5 Å². The van der Waals surface area contributed by atoms with Gasteiger partial charge in [-0.05, 0) is 18.9 Å². The molecule has 0 aromatic rings. The maximum Gasteiger partial charge on any atom is 0.232 e. The highest BCUT2D eigenvalue weighted by Gasteiger charge is 2.27. The first kappa shape index (κ1) is 13.3. The summed E-state index contributed by atoms with van der Waals surface area (Å²) >= 11 is 0. The third-order valence-corrected chi connectivity index (χ3v) is 3.81. The van der Waals surface area contributed by atoms with Crippen LogP contribution in [0.4, 0.5) is 0 Å². The van der Waals surface area contributed by atoms with Crippen molar-refractivity contribution in [2.24, 2.45) is 5.73 Å². The monoisotopic (exact) mass is 244 g/mol. The molecule has 4 nitrogen and oxygen atoms in total. The van der Waals surface area contributed by atoms with Crippen molar-refractivity contribution in [2.45, 2.75) is 32.2 Å². The Bertz CT molecular complexity index is 385. The van der Waals surface area contributed by atoms with E-state index >= 15 is 0 Å². The molecule has 1 rings (SSSR count). The summed E-state index contributed by atoms with van der Waals surface area (Å²) in [6, 6.07) is -0.230. The SMILES string of the molecule is CCCCC1=CC=CC(CN)N1S(C)(=O)=O. The minimum absolute atomic E-state index is 0.230. The van der Waals surface area contributed by atoms with Gasteiger partial charge in [-0.15, -0.1) is 0 Å². The summed E-state index contributed by atoms with van der Waals surface area (Å²) in [7, 11) is -3.23. The molecule has 0 radical (unpaired) electrons. The smallest absolute Gasteiger partial charge is 0.232 e. The molecule has 0 saturated carbocycles. The van der Waals surface area contributed by atoms with Crippen molar-refractivity contribution in [3.05, 3.63) is 23.9 Å². The normalized spacial score (nSPS) is 21.1. The van der Waals surface area contributed by atoms with E-state index < -0.39 is 10.0 Å². The fraction of sp³-hybridized carbons (Fsp3) is 0.636. The molecule has 1 unspecified atom stereocenters. The standard InChI is InChI=1S/C11H20N2O2S/c1-3-4-6-10-7-5-8-11(9-12)13(10)16(2,14)15/h5,7-8,11H,3-4,6,9,12H2,1-2H3. The van der Waals surface area contributed by atoms with E-state index in [-0.39, 0.29) is 6.04 Å². The van der Waals surface area contributed by atoms with Crippen LogP contribution in [0, 0.1) is 0 Å². The summed E-state index contributed by atoms with van der Waals surface area (Å²) in [5, 5.41) is 0. The Morgan fingerprint density at radius 2 is 2.19 bits per heavy atom. The highest BCUT2D eigenvalue weighted by atomic mass is 32.2. The molecular weight excluding hydrogens is 224 g/mol. The van der Waals surface area contributed by atoms with Crippen molar-refractivity contribution in [3.63, 3.8) is 0 Å². The summed E-state index contributed by atoms with van der Waals surface area (Å²) in [6.45, 7) is 2.40. The average molecular weight is 244 g/mol. The van der Waals surface area contributed by atoms with Crippen molar-refractivity contribution in [2.75, 3.05) is 12.8 Å². The van der Waals surface area contributed by atoms with Crippen molar-refractivity contribution in [1.29, 1.82) is 0 Å². The van der Waals surface area contributed by atoms with Gasteiger partial charge in [-0.2, -0.15) is 0 Å². The fourth-order valence-corrected chi connectivity index (χ4v) is 3.07. The van der Waals surface area contributed by atoms with Crippen molar-refractivity contribution in [1.82, 2.24) is 4.31 Å². The van der Waals surface area contributed by atoms with Crippen molar-refractivity contribution < 1.29 is 8.42 Å². The number of hydrogen-bond donors (Lipinski definition) is 1. The average Bonchev–Trinajstić information content (AvgIpc) is 2.24. The Hall–Kier alpha value is -0.810. The predicted molar refractivity (Wildman–Crippen MR) is 66.3 cm³/mol. The van der Waals surface area contributed by atoms with E-state index in [1.165, 1.54) is 10.6 Å². The molecule has 0 amide bonds. The first-order valence-electron chi connectivity index (χ1n) is 5.57. The van der Waals surface area contributed by atoms with Crippen LogP contribution in [0.1, 0.15) is 26.2 Å². The third-order valence-electron chi connectivity index (χ3n) is 2.59. The zero-order valence-electron chi connectivity index (χ0n) is 9.89. The number of hydrogen-bond acceptors (Lipinski definition) is 3. The van der Waals surface area contributed by atoms with Gasteiger partial charge in [0.05, 0.1) is 12.3 Å². The van der Waals surface area contributed by atoms with Crippen LogP contribution in [0.2, 0.25) is 0 Å². The number of rotatable bonds is 5. The van der Waals surface area contributed by atoms with Gasteiger partial charge < -0.3 is 5.73 Å². The molecule has 0 aliphatic carbocycles. The molecule has 0 saturated heterocycles. The minimum Gasteiger partial charge on any atom is -0.328 e. The third kappa shape index (κ3) is 3.09. The highest BCUT2D eigenvalue weighted by Crippen LogP contribution is 2.23. The Balaban J connectivity index is 2.95. The van der Waals surface area contributed by atoms with Crippen LogP contribution in [0.15, 0.2) is 23.9 Å². The molecule has 5 heteroatoms. The van der Waals surface area contributed by atoms with Gasteiger partial charge in [0.25, 0.3) is 0 Å². The van der Waals surface area contributed by atoms with E-state index in [0.29, 0.717) is 6.54 Å². The summed E-state index contributed by atoms with van der Waals surface area (Å²) in [4.78, 5) is 0. The second-order valence-electron chi connectivity index (χ2n) is 4.01. The van der Waals surface area contributed by atoms with E-state index in [2.05, 4.69) is 6.92 Å². The highest BCUT2D eigenvalue weighted by molar-refractivity contribution is 7.88. The second-order valence-corrected chi connectivity index (χ2v) is 5.87. The molecule has 0 aromatic heterocycles. The molecule has 1 aliphatic rings. The molecule has 1 atom stereocenters. The minimum atomic E-state index is -3.23. The van der Waals surface area contributed by atoms with Crippen LogP contribution in [-0.2, 0) is 10.0 Å². The second kappa shape index (κ2) is 5.50. The molecule has 16 heavy (non-hydrogen) atoms. The van der Waals surface area contributed by atoms with Crippen molar-refractivity contribution >= 4 is 10.0 Å². The number of sulfonamides is 1. The van der Waals surface area contributed by atoms with Crippen LogP contribution >= 0.6 is 0 Å². The summed E-state index contributed by atoms with van der Waals surface area (Å²) in [5.41, 5.74) is 6.45. The number of unbranched alkanes of at least 4 members (excludes halogenated alkanes) is 1. The van der Waals surface area contributed by atoms with Crippen LogP contribution in [0.25, 0.3) is 0 Å². The van der Waals surface area contributed by atoms with Gasteiger partial charge in [-0.3, -0.25) is 4.31 Å². The summed E-state index contributed by atoms with van der Waals surface area (Å²) < 4.78 is 24.9. The maximum absolute atomic E-state index is 11.7. The molecule has 1 heterocycles. The lowest BCUT2D eigenvalue weighted by Crippen LogP contribution is -2.43. The van der Waals surface area contributed by atoms with Crippen LogP contribution < -0.4 is 5.73 Å². The molecular formula is C11H20N2O2S.